The minimum absolute atomic E-state index is 0.0862. The van der Waals surface area contributed by atoms with Gasteiger partial charge in [-0.05, 0) is 37.4 Å². The molecule has 1 fully saturated rings. The highest BCUT2D eigenvalue weighted by molar-refractivity contribution is 6.31. The number of carbonyl (C=O) groups excluding carboxylic acids is 1. The standard InChI is InChI=1S/C24H25ClN6O3/c1-3-22(33)27-16-5-4-6-18(13-16)34-23-19(25)15-26-24(29-23)28-20-8-7-17(14-21(20)32)31-11-9-30(2)10-12-31/h3-8,13-15,32H,1,9-12H2,2H3,(H,27,33)(H,26,28,29). The van der Waals surface area contributed by atoms with E-state index in [9.17, 15) is 9.90 Å². The highest BCUT2D eigenvalue weighted by atomic mass is 35.5. The predicted molar refractivity (Wildman–Crippen MR) is 133 cm³/mol. The first-order chi connectivity index (χ1) is 16.4. The van der Waals surface area contributed by atoms with E-state index in [-0.39, 0.29) is 28.5 Å². The molecule has 0 aliphatic carbocycles. The van der Waals surface area contributed by atoms with E-state index in [1.54, 1.807) is 36.4 Å². The van der Waals surface area contributed by atoms with Crippen LogP contribution in [0.3, 0.4) is 0 Å². The molecule has 0 radical (unpaired) electrons. The van der Waals surface area contributed by atoms with Crippen LogP contribution in [-0.4, -0.2) is 59.1 Å². The summed E-state index contributed by atoms with van der Waals surface area (Å²) in [5.41, 5.74) is 1.96. The summed E-state index contributed by atoms with van der Waals surface area (Å²) in [7, 11) is 2.10. The number of rotatable bonds is 7. The summed E-state index contributed by atoms with van der Waals surface area (Å²) in [6.45, 7) is 7.20. The second kappa shape index (κ2) is 10.4. The zero-order valence-electron chi connectivity index (χ0n) is 18.7. The number of phenolic OH excluding ortho intramolecular Hbond substituents is 1. The lowest BCUT2D eigenvalue weighted by Gasteiger charge is -2.34. The molecule has 4 rings (SSSR count). The molecule has 0 bridgehead atoms. The molecule has 1 aliphatic heterocycles. The van der Waals surface area contributed by atoms with Crippen LogP contribution in [-0.2, 0) is 4.79 Å². The third-order valence-electron chi connectivity index (χ3n) is 5.31. The first-order valence-electron chi connectivity index (χ1n) is 10.7. The molecule has 1 amide bonds. The summed E-state index contributed by atoms with van der Waals surface area (Å²) < 4.78 is 5.81. The number of carbonyl (C=O) groups is 1. The topological polar surface area (TPSA) is 103 Å². The lowest BCUT2D eigenvalue weighted by atomic mass is 10.2. The third kappa shape index (κ3) is 5.75. The maximum atomic E-state index is 11.5. The molecular weight excluding hydrogens is 456 g/mol. The fraction of sp³-hybridized carbons (Fsp3) is 0.208. The summed E-state index contributed by atoms with van der Waals surface area (Å²) in [6.07, 6.45) is 2.59. The van der Waals surface area contributed by atoms with Crippen molar-refractivity contribution < 1.29 is 14.6 Å². The van der Waals surface area contributed by atoms with E-state index >= 15 is 0 Å². The number of amides is 1. The Morgan fingerprint density at radius 3 is 2.74 bits per heavy atom. The van der Waals surface area contributed by atoms with E-state index in [4.69, 9.17) is 16.3 Å². The van der Waals surface area contributed by atoms with Crippen LogP contribution in [0.4, 0.5) is 23.0 Å². The Hall–Kier alpha value is -3.82. The molecule has 1 aliphatic rings. The van der Waals surface area contributed by atoms with Crippen molar-refractivity contribution in [3.63, 3.8) is 0 Å². The molecule has 176 valence electrons. The number of piperazine rings is 1. The summed E-state index contributed by atoms with van der Waals surface area (Å²) in [5, 5.41) is 16.4. The monoisotopic (exact) mass is 480 g/mol. The van der Waals surface area contributed by atoms with Crippen LogP contribution >= 0.6 is 11.6 Å². The fourth-order valence-corrected chi connectivity index (χ4v) is 3.56. The molecular formula is C24H25ClN6O3. The molecule has 2 heterocycles. The Bertz CT molecular complexity index is 1200. The zero-order chi connectivity index (χ0) is 24.1. The molecule has 0 spiro atoms. The maximum absolute atomic E-state index is 11.5. The number of nitrogens with zero attached hydrogens (tertiary/aromatic N) is 4. The average molecular weight is 481 g/mol. The molecule has 1 saturated heterocycles. The van der Waals surface area contributed by atoms with E-state index in [2.05, 4.69) is 44.0 Å². The highest BCUT2D eigenvalue weighted by Gasteiger charge is 2.16. The number of nitrogens with one attached hydrogen (secondary N) is 2. The lowest BCUT2D eigenvalue weighted by molar-refractivity contribution is -0.111. The first-order valence-corrected chi connectivity index (χ1v) is 11.1. The molecule has 2 aromatic carbocycles. The SMILES string of the molecule is C=CC(=O)Nc1cccc(Oc2nc(Nc3ccc(N4CCN(C)CC4)cc3O)ncc2Cl)c1. The number of benzene rings is 2. The van der Waals surface area contributed by atoms with Crippen LogP contribution in [0.15, 0.2) is 61.3 Å². The molecule has 10 heteroatoms. The number of halogens is 1. The number of hydrogen-bond acceptors (Lipinski definition) is 8. The second-order valence-electron chi connectivity index (χ2n) is 7.79. The minimum atomic E-state index is -0.331. The zero-order valence-corrected chi connectivity index (χ0v) is 19.4. The van der Waals surface area contributed by atoms with Crippen LogP contribution in [0.1, 0.15) is 0 Å². The predicted octanol–water partition coefficient (Wildman–Crippen LogP) is 4.25. The normalized spacial score (nSPS) is 13.9. The summed E-state index contributed by atoms with van der Waals surface area (Å²) in [4.78, 5) is 24.5. The van der Waals surface area contributed by atoms with Gasteiger partial charge in [0.05, 0.1) is 11.9 Å². The van der Waals surface area contributed by atoms with Crippen molar-refractivity contribution in [3.8, 4) is 17.4 Å². The van der Waals surface area contributed by atoms with E-state index in [0.717, 1.165) is 31.9 Å². The van der Waals surface area contributed by atoms with Gasteiger partial charge >= 0.3 is 0 Å². The van der Waals surface area contributed by atoms with Gasteiger partial charge in [-0.3, -0.25) is 4.79 Å². The Morgan fingerprint density at radius 2 is 2.00 bits per heavy atom. The van der Waals surface area contributed by atoms with E-state index in [1.165, 1.54) is 12.3 Å². The van der Waals surface area contributed by atoms with Crippen molar-refractivity contribution in [1.82, 2.24) is 14.9 Å². The van der Waals surface area contributed by atoms with Crippen molar-refractivity contribution in [1.29, 1.82) is 0 Å². The van der Waals surface area contributed by atoms with Gasteiger partial charge in [-0.15, -0.1) is 0 Å². The van der Waals surface area contributed by atoms with Crippen molar-refractivity contribution in [2.24, 2.45) is 0 Å². The Morgan fingerprint density at radius 1 is 1.21 bits per heavy atom. The molecule has 0 unspecified atom stereocenters. The van der Waals surface area contributed by atoms with Gasteiger partial charge in [0.1, 0.15) is 16.5 Å². The minimum Gasteiger partial charge on any atom is -0.506 e. The second-order valence-corrected chi connectivity index (χ2v) is 8.19. The van der Waals surface area contributed by atoms with Gasteiger partial charge in [0, 0.05) is 49.7 Å². The number of phenols is 1. The summed E-state index contributed by atoms with van der Waals surface area (Å²) in [5.74, 6) is 0.510. The highest BCUT2D eigenvalue weighted by Crippen LogP contribution is 2.33. The quantitative estimate of drug-likeness (QED) is 0.340. The fourth-order valence-electron chi connectivity index (χ4n) is 3.43. The van der Waals surface area contributed by atoms with E-state index in [0.29, 0.717) is 17.1 Å². The number of anilines is 4. The van der Waals surface area contributed by atoms with Crippen molar-refractivity contribution in [2.45, 2.75) is 0 Å². The van der Waals surface area contributed by atoms with Gasteiger partial charge in [-0.1, -0.05) is 24.2 Å². The van der Waals surface area contributed by atoms with E-state index < -0.39 is 0 Å². The van der Waals surface area contributed by atoms with Crippen LogP contribution in [0.5, 0.6) is 17.4 Å². The van der Waals surface area contributed by atoms with Gasteiger partial charge in [0.15, 0.2) is 0 Å². The van der Waals surface area contributed by atoms with Gasteiger partial charge in [0.25, 0.3) is 0 Å². The smallest absolute Gasteiger partial charge is 0.247 e. The molecule has 3 aromatic rings. The summed E-state index contributed by atoms with van der Waals surface area (Å²) in [6, 6.07) is 12.2. The molecule has 3 N–H and O–H groups in total. The Kier molecular flexibility index (Phi) is 7.15. The molecule has 0 saturated carbocycles. The largest absolute Gasteiger partial charge is 0.506 e. The molecule has 9 nitrogen and oxygen atoms in total. The molecule has 34 heavy (non-hydrogen) atoms. The van der Waals surface area contributed by atoms with Crippen LogP contribution in [0.2, 0.25) is 5.02 Å². The van der Waals surface area contributed by atoms with Gasteiger partial charge in [-0.2, -0.15) is 4.98 Å². The number of ether oxygens (including phenoxy) is 1. The van der Waals surface area contributed by atoms with Gasteiger partial charge in [-0.25, -0.2) is 4.98 Å². The average Bonchev–Trinajstić information content (AvgIpc) is 2.83. The Balaban J connectivity index is 1.48. The van der Waals surface area contributed by atoms with Crippen LogP contribution in [0, 0.1) is 0 Å². The first kappa shape index (κ1) is 23.3. The van der Waals surface area contributed by atoms with Crippen LogP contribution < -0.4 is 20.3 Å². The number of aromatic nitrogens is 2. The third-order valence-corrected chi connectivity index (χ3v) is 5.57. The number of likely N-dealkylation sites (N-methyl/N-ethyl adjacent to an activating group) is 1. The number of aromatic hydroxyl groups is 1. The number of hydrogen-bond donors (Lipinski definition) is 3. The van der Waals surface area contributed by atoms with Gasteiger partial charge in [0.2, 0.25) is 17.7 Å². The summed E-state index contributed by atoms with van der Waals surface area (Å²) >= 11 is 6.22. The lowest BCUT2D eigenvalue weighted by Crippen LogP contribution is -2.44. The van der Waals surface area contributed by atoms with Gasteiger partial charge < -0.3 is 30.3 Å². The van der Waals surface area contributed by atoms with E-state index in [1.807, 2.05) is 6.07 Å². The van der Waals surface area contributed by atoms with Crippen molar-refractivity contribution in [2.75, 3.05) is 48.8 Å². The van der Waals surface area contributed by atoms with Crippen molar-refractivity contribution in [3.05, 3.63) is 66.3 Å². The van der Waals surface area contributed by atoms with Crippen molar-refractivity contribution >= 4 is 40.5 Å². The Labute approximate surface area is 202 Å². The molecule has 0 atom stereocenters. The molecule has 1 aromatic heterocycles. The maximum Gasteiger partial charge on any atom is 0.247 e. The van der Waals surface area contributed by atoms with Crippen LogP contribution in [0.25, 0.3) is 0 Å².